The third-order valence-corrected chi connectivity index (χ3v) is 3.90. The highest BCUT2D eigenvalue weighted by Crippen LogP contribution is 2.12. The molecule has 0 atom stereocenters. The molecule has 0 saturated carbocycles. The summed E-state index contributed by atoms with van der Waals surface area (Å²) in [4.78, 5) is 12.0. The zero-order valence-electron chi connectivity index (χ0n) is 14.0. The molecule has 1 aromatic heterocycles. The van der Waals surface area contributed by atoms with Crippen molar-refractivity contribution in [3.8, 4) is 0 Å². The quantitative estimate of drug-likeness (QED) is 0.548. The van der Waals surface area contributed by atoms with Crippen LogP contribution >= 0.6 is 0 Å². The molecule has 1 aromatic carbocycles. The van der Waals surface area contributed by atoms with E-state index >= 15 is 0 Å². The largest absolute Gasteiger partial charge is 0.326 e. The van der Waals surface area contributed by atoms with Crippen LogP contribution < -0.4 is 9.88 Å². The fraction of sp³-hybridized carbons (Fsp3) is 0.400. The van der Waals surface area contributed by atoms with E-state index in [0.717, 1.165) is 31.5 Å². The van der Waals surface area contributed by atoms with Gasteiger partial charge in [-0.1, -0.05) is 31.5 Å². The van der Waals surface area contributed by atoms with Gasteiger partial charge in [-0.25, -0.2) is 4.57 Å². The van der Waals surface area contributed by atoms with Gasteiger partial charge in [0.05, 0.1) is 0 Å². The maximum absolute atomic E-state index is 12.0. The van der Waals surface area contributed by atoms with Crippen molar-refractivity contribution in [2.45, 2.75) is 52.0 Å². The van der Waals surface area contributed by atoms with Gasteiger partial charge in [0.25, 0.3) is 0 Å². The van der Waals surface area contributed by atoms with Crippen molar-refractivity contribution >= 4 is 11.6 Å². The highest BCUT2D eigenvalue weighted by Gasteiger charge is 2.04. The fourth-order valence-corrected chi connectivity index (χ4v) is 2.52. The molecule has 0 bridgehead atoms. The van der Waals surface area contributed by atoms with Gasteiger partial charge in [-0.3, -0.25) is 4.79 Å². The van der Waals surface area contributed by atoms with E-state index in [-0.39, 0.29) is 5.91 Å². The van der Waals surface area contributed by atoms with Crippen LogP contribution in [-0.4, -0.2) is 5.91 Å². The third kappa shape index (κ3) is 6.64. The Hall–Kier alpha value is -2.16. The van der Waals surface area contributed by atoms with Gasteiger partial charge in [0.15, 0.2) is 12.4 Å². The summed E-state index contributed by atoms with van der Waals surface area (Å²) in [5.74, 6) is 0.101. The molecular formula is C20H27N2O+. The minimum Gasteiger partial charge on any atom is -0.326 e. The number of unbranched alkanes of at least 4 members (excludes halogenated alkanes) is 2. The number of benzene rings is 1. The maximum atomic E-state index is 12.0. The summed E-state index contributed by atoms with van der Waals surface area (Å²) in [5, 5.41) is 2.98. The molecule has 2 aromatic rings. The number of aromatic nitrogens is 1. The van der Waals surface area contributed by atoms with Crippen LogP contribution in [0.25, 0.3) is 0 Å². The first-order valence-electron chi connectivity index (χ1n) is 8.61. The molecule has 0 spiro atoms. The topological polar surface area (TPSA) is 33.0 Å². The number of hydrogen-bond donors (Lipinski definition) is 1. The Labute approximate surface area is 139 Å². The van der Waals surface area contributed by atoms with Crippen LogP contribution in [-0.2, 0) is 17.8 Å². The predicted octanol–water partition coefficient (Wildman–Crippen LogP) is 4.13. The molecule has 1 heterocycles. The number of rotatable bonds is 9. The molecule has 23 heavy (non-hydrogen) atoms. The van der Waals surface area contributed by atoms with Crippen molar-refractivity contribution in [3.63, 3.8) is 0 Å². The van der Waals surface area contributed by atoms with Crippen LogP contribution in [0.15, 0.2) is 54.9 Å². The first-order valence-corrected chi connectivity index (χ1v) is 8.61. The molecule has 3 heteroatoms. The first-order chi connectivity index (χ1) is 11.3. The Kier molecular flexibility index (Phi) is 7.31. The Morgan fingerprint density at radius 1 is 1.00 bits per heavy atom. The Balaban J connectivity index is 1.66. The number of carbonyl (C=O) groups excluding carboxylic acids is 1. The van der Waals surface area contributed by atoms with Gasteiger partial charge in [0.2, 0.25) is 5.91 Å². The van der Waals surface area contributed by atoms with E-state index in [4.69, 9.17) is 0 Å². The SMILES string of the molecule is CCCCc1ccc(NC(=O)CCCC[n+]2ccccc2)cc1. The normalized spacial score (nSPS) is 10.5. The van der Waals surface area contributed by atoms with Gasteiger partial charge >= 0.3 is 0 Å². The van der Waals surface area contributed by atoms with E-state index in [1.165, 1.54) is 18.4 Å². The van der Waals surface area contributed by atoms with Crippen molar-refractivity contribution in [1.29, 1.82) is 0 Å². The van der Waals surface area contributed by atoms with E-state index in [1.54, 1.807) is 0 Å². The summed E-state index contributed by atoms with van der Waals surface area (Å²) in [6, 6.07) is 14.3. The smallest absolute Gasteiger partial charge is 0.224 e. The van der Waals surface area contributed by atoms with Crippen LogP contribution in [0.4, 0.5) is 5.69 Å². The maximum Gasteiger partial charge on any atom is 0.224 e. The average Bonchev–Trinajstić information content (AvgIpc) is 2.59. The van der Waals surface area contributed by atoms with Crippen molar-refractivity contribution in [3.05, 3.63) is 60.4 Å². The van der Waals surface area contributed by atoms with Crippen LogP contribution in [0.1, 0.15) is 44.6 Å². The predicted molar refractivity (Wildman–Crippen MR) is 94.2 cm³/mol. The average molecular weight is 311 g/mol. The van der Waals surface area contributed by atoms with Gasteiger partial charge in [-0.2, -0.15) is 0 Å². The Bertz CT molecular complexity index is 578. The van der Waals surface area contributed by atoms with Crippen molar-refractivity contribution in [1.82, 2.24) is 0 Å². The van der Waals surface area contributed by atoms with Gasteiger partial charge in [0, 0.05) is 30.7 Å². The minimum atomic E-state index is 0.101. The second kappa shape index (κ2) is 9.78. The van der Waals surface area contributed by atoms with Crippen molar-refractivity contribution < 1.29 is 9.36 Å². The number of pyridine rings is 1. The van der Waals surface area contributed by atoms with Gasteiger partial charge in [-0.05, 0) is 37.0 Å². The molecule has 0 aliphatic carbocycles. The lowest BCUT2D eigenvalue weighted by molar-refractivity contribution is -0.697. The lowest BCUT2D eigenvalue weighted by Gasteiger charge is -2.06. The Morgan fingerprint density at radius 2 is 1.74 bits per heavy atom. The van der Waals surface area contributed by atoms with Gasteiger partial charge in [-0.15, -0.1) is 0 Å². The molecule has 3 nitrogen and oxygen atoms in total. The van der Waals surface area contributed by atoms with Crippen LogP contribution in [0.5, 0.6) is 0 Å². The summed E-state index contributed by atoms with van der Waals surface area (Å²) in [7, 11) is 0. The van der Waals surface area contributed by atoms with Crippen LogP contribution in [0.3, 0.4) is 0 Å². The molecular weight excluding hydrogens is 284 g/mol. The van der Waals surface area contributed by atoms with Crippen LogP contribution in [0, 0.1) is 0 Å². The number of anilines is 1. The molecule has 1 N–H and O–H groups in total. The summed E-state index contributed by atoms with van der Waals surface area (Å²) < 4.78 is 2.15. The molecule has 0 saturated heterocycles. The number of nitrogens with one attached hydrogen (secondary N) is 1. The minimum absolute atomic E-state index is 0.101. The zero-order chi connectivity index (χ0) is 16.3. The van der Waals surface area contributed by atoms with Crippen LogP contribution in [0.2, 0.25) is 0 Å². The molecule has 0 aliphatic rings. The summed E-state index contributed by atoms with van der Waals surface area (Å²) in [6.45, 7) is 3.16. The molecule has 122 valence electrons. The molecule has 1 amide bonds. The number of aryl methyl sites for hydroxylation is 2. The number of amides is 1. The number of carbonyl (C=O) groups is 1. The monoisotopic (exact) mass is 311 g/mol. The highest BCUT2D eigenvalue weighted by atomic mass is 16.1. The zero-order valence-corrected chi connectivity index (χ0v) is 14.0. The fourth-order valence-electron chi connectivity index (χ4n) is 2.52. The molecule has 0 fully saturated rings. The molecule has 0 radical (unpaired) electrons. The standard InChI is InChI=1S/C20H26N2O/c1-2-3-9-18-11-13-19(14-12-18)21-20(23)10-5-8-17-22-15-6-4-7-16-22/h4,6-7,11-16H,2-3,5,8-10,17H2,1H3/p+1. The Morgan fingerprint density at radius 3 is 2.43 bits per heavy atom. The van der Waals surface area contributed by atoms with E-state index in [9.17, 15) is 4.79 Å². The number of nitrogens with zero attached hydrogens (tertiary/aromatic N) is 1. The summed E-state index contributed by atoms with van der Waals surface area (Å²) >= 11 is 0. The van der Waals surface area contributed by atoms with Gasteiger partial charge in [0.1, 0.15) is 6.54 Å². The lowest BCUT2D eigenvalue weighted by atomic mass is 10.1. The second-order valence-corrected chi connectivity index (χ2v) is 5.92. The lowest BCUT2D eigenvalue weighted by Crippen LogP contribution is -2.32. The highest BCUT2D eigenvalue weighted by molar-refractivity contribution is 5.90. The molecule has 0 unspecified atom stereocenters. The summed E-state index contributed by atoms with van der Waals surface area (Å²) in [5.41, 5.74) is 2.23. The summed E-state index contributed by atoms with van der Waals surface area (Å²) in [6.07, 6.45) is 10.1. The molecule has 2 rings (SSSR count). The van der Waals surface area contributed by atoms with Crippen molar-refractivity contribution in [2.24, 2.45) is 0 Å². The van der Waals surface area contributed by atoms with Crippen molar-refractivity contribution in [2.75, 3.05) is 5.32 Å². The molecule has 0 aliphatic heterocycles. The van der Waals surface area contributed by atoms with Gasteiger partial charge < -0.3 is 5.32 Å². The van der Waals surface area contributed by atoms with E-state index < -0.39 is 0 Å². The van der Waals surface area contributed by atoms with E-state index in [1.807, 2.05) is 30.3 Å². The number of hydrogen-bond acceptors (Lipinski definition) is 1. The van der Waals surface area contributed by atoms with E-state index in [2.05, 4.69) is 41.3 Å². The second-order valence-electron chi connectivity index (χ2n) is 5.92. The first kappa shape index (κ1) is 17.2. The third-order valence-electron chi connectivity index (χ3n) is 3.90. The van der Waals surface area contributed by atoms with E-state index in [0.29, 0.717) is 6.42 Å².